The average molecular weight is 262 g/mol. The van der Waals surface area contributed by atoms with E-state index in [1.165, 1.54) is 16.9 Å². The molecule has 0 fully saturated rings. The Bertz CT molecular complexity index is 595. The second-order valence-electron chi connectivity index (χ2n) is 3.93. The molecular weight excluding hydrogens is 248 g/mol. The first-order valence-electron chi connectivity index (χ1n) is 5.68. The fourth-order valence-electron chi connectivity index (χ4n) is 1.46. The lowest BCUT2D eigenvalue weighted by Gasteiger charge is -2.05. The highest BCUT2D eigenvalue weighted by atomic mass is 16.3. The van der Waals surface area contributed by atoms with Crippen LogP contribution >= 0.6 is 0 Å². The smallest absolute Gasteiger partial charge is 0.279 e. The molecule has 0 aliphatic heterocycles. The number of nitrogens with zero attached hydrogens (tertiary/aromatic N) is 4. The first-order chi connectivity index (χ1) is 9.10. The van der Waals surface area contributed by atoms with Crippen LogP contribution in [0.25, 0.3) is 0 Å². The van der Waals surface area contributed by atoms with E-state index in [4.69, 9.17) is 5.73 Å². The van der Waals surface area contributed by atoms with Crippen molar-refractivity contribution in [2.75, 3.05) is 11.9 Å². The van der Waals surface area contributed by atoms with Crippen LogP contribution in [0.5, 0.6) is 5.75 Å². The molecule has 0 bridgehead atoms. The van der Waals surface area contributed by atoms with Gasteiger partial charge in [-0.3, -0.25) is 9.48 Å². The number of aryl methyl sites for hydroxylation is 1. The van der Waals surface area contributed by atoms with E-state index in [2.05, 4.69) is 20.6 Å². The molecule has 8 nitrogen and oxygen atoms in total. The van der Waals surface area contributed by atoms with Gasteiger partial charge in [0.25, 0.3) is 5.91 Å². The Morgan fingerprint density at radius 2 is 2.32 bits per heavy atom. The second kappa shape index (κ2) is 5.44. The van der Waals surface area contributed by atoms with Crippen molar-refractivity contribution < 1.29 is 9.90 Å². The highest BCUT2D eigenvalue weighted by Crippen LogP contribution is 2.20. The minimum Gasteiger partial charge on any atom is -0.504 e. The molecule has 2 rings (SSSR count). The Hall–Kier alpha value is -2.48. The third-order valence-corrected chi connectivity index (χ3v) is 2.37. The third-order valence-electron chi connectivity index (χ3n) is 2.37. The molecule has 0 atom stereocenters. The van der Waals surface area contributed by atoms with Crippen LogP contribution in [0.15, 0.2) is 18.3 Å². The summed E-state index contributed by atoms with van der Waals surface area (Å²) >= 11 is 0. The molecule has 19 heavy (non-hydrogen) atoms. The molecule has 1 amide bonds. The van der Waals surface area contributed by atoms with Crippen LogP contribution in [0.1, 0.15) is 16.2 Å². The van der Waals surface area contributed by atoms with Crippen molar-refractivity contribution in [1.82, 2.24) is 20.0 Å². The Morgan fingerprint density at radius 3 is 3.05 bits per heavy atom. The van der Waals surface area contributed by atoms with Crippen molar-refractivity contribution >= 4 is 11.7 Å². The highest BCUT2D eigenvalue weighted by Gasteiger charge is 2.13. The quantitative estimate of drug-likeness (QED) is 0.707. The number of anilines is 1. The van der Waals surface area contributed by atoms with Gasteiger partial charge in [0.05, 0.1) is 12.7 Å². The average Bonchev–Trinajstić information content (AvgIpc) is 2.83. The summed E-state index contributed by atoms with van der Waals surface area (Å²) in [6.45, 7) is 2.64. The first-order valence-corrected chi connectivity index (χ1v) is 5.68. The zero-order chi connectivity index (χ0) is 13.8. The molecule has 0 radical (unpaired) electrons. The zero-order valence-electron chi connectivity index (χ0n) is 10.4. The highest BCUT2D eigenvalue weighted by molar-refractivity contribution is 6.02. The topological polar surface area (TPSA) is 119 Å². The lowest BCUT2D eigenvalue weighted by atomic mass is 10.3. The third kappa shape index (κ3) is 3.05. The maximum absolute atomic E-state index is 11.9. The lowest BCUT2D eigenvalue weighted by molar-refractivity contribution is 0.102. The number of hydrogen-bond donors (Lipinski definition) is 3. The monoisotopic (exact) mass is 262 g/mol. The Kier molecular flexibility index (Phi) is 3.71. The van der Waals surface area contributed by atoms with Crippen LogP contribution in [-0.4, -0.2) is 37.5 Å². The van der Waals surface area contributed by atoms with Gasteiger partial charge in [-0.15, -0.1) is 5.10 Å². The van der Waals surface area contributed by atoms with E-state index in [0.29, 0.717) is 18.8 Å². The number of pyridine rings is 1. The maximum atomic E-state index is 11.9. The van der Waals surface area contributed by atoms with Crippen LogP contribution in [0.2, 0.25) is 0 Å². The minimum absolute atomic E-state index is 0.0957. The Morgan fingerprint density at radius 1 is 1.53 bits per heavy atom. The molecular formula is C11H14N6O2. The molecule has 0 saturated carbocycles. The number of hydrogen-bond acceptors (Lipinski definition) is 6. The van der Waals surface area contributed by atoms with Gasteiger partial charge in [-0.2, -0.15) is 0 Å². The predicted octanol–water partition coefficient (Wildman–Crippen LogP) is -0.102. The summed E-state index contributed by atoms with van der Waals surface area (Å²) in [6.07, 6.45) is 1.48. The van der Waals surface area contributed by atoms with E-state index in [0.717, 1.165) is 0 Å². The minimum atomic E-state index is -0.489. The number of carbonyl (C=O) groups is 1. The largest absolute Gasteiger partial charge is 0.504 e. The first kappa shape index (κ1) is 13.0. The standard InChI is InChI=1S/C11H14N6O2/c1-7-2-3-9(18)10(13-7)14-11(19)8-6-17(5-4-12)16-15-8/h2-3,6,18H,4-5,12H2,1H3,(H,13,14,19). The molecule has 0 unspecified atom stereocenters. The van der Waals surface area contributed by atoms with Crippen LogP contribution in [-0.2, 0) is 6.54 Å². The molecule has 8 heteroatoms. The summed E-state index contributed by atoms with van der Waals surface area (Å²) in [5.41, 5.74) is 6.19. The predicted molar refractivity (Wildman–Crippen MR) is 67.7 cm³/mol. The van der Waals surface area contributed by atoms with E-state index in [9.17, 15) is 9.90 Å². The van der Waals surface area contributed by atoms with Crippen LogP contribution < -0.4 is 11.1 Å². The molecule has 0 aromatic carbocycles. The summed E-state index contributed by atoms with van der Waals surface area (Å²) in [4.78, 5) is 15.9. The van der Waals surface area contributed by atoms with E-state index in [1.807, 2.05) is 0 Å². The van der Waals surface area contributed by atoms with E-state index in [1.54, 1.807) is 13.0 Å². The molecule has 100 valence electrons. The molecule has 0 saturated heterocycles. The number of nitrogens with one attached hydrogen (secondary N) is 1. The summed E-state index contributed by atoms with van der Waals surface area (Å²) < 4.78 is 1.47. The molecule has 2 heterocycles. The van der Waals surface area contributed by atoms with Crippen molar-refractivity contribution in [3.05, 3.63) is 29.7 Å². The van der Waals surface area contributed by atoms with Crippen molar-refractivity contribution in [1.29, 1.82) is 0 Å². The van der Waals surface area contributed by atoms with E-state index < -0.39 is 5.91 Å². The molecule has 0 aliphatic rings. The van der Waals surface area contributed by atoms with Crippen LogP contribution in [0.3, 0.4) is 0 Å². The van der Waals surface area contributed by atoms with Gasteiger partial charge in [0.1, 0.15) is 0 Å². The van der Waals surface area contributed by atoms with Gasteiger partial charge in [-0.25, -0.2) is 4.98 Å². The SMILES string of the molecule is Cc1ccc(O)c(NC(=O)c2cn(CCN)nn2)n1. The molecule has 2 aromatic heterocycles. The summed E-state index contributed by atoms with van der Waals surface area (Å²) in [7, 11) is 0. The molecule has 4 N–H and O–H groups in total. The summed E-state index contributed by atoms with van der Waals surface area (Å²) in [5, 5.41) is 19.5. The molecule has 0 aliphatic carbocycles. The van der Waals surface area contributed by atoms with E-state index >= 15 is 0 Å². The van der Waals surface area contributed by atoms with Crippen LogP contribution in [0.4, 0.5) is 5.82 Å². The van der Waals surface area contributed by atoms with Crippen molar-refractivity contribution in [3.63, 3.8) is 0 Å². The second-order valence-corrected chi connectivity index (χ2v) is 3.93. The van der Waals surface area contributed by atoms with Crippen molar-refractivity contribution in [2.45, 2.75) is 13.5 Å². The number of amides is 1. The fraction of sp³-hybridized carbons (Fsp3) is 0.273. The summed E-state index contributed by atoms with van der Waals surface area (Å²) in [5.74, 6) is -0.497. The van der Waals surface area contributed by atoms with Gasteiger partial charge in [0, 0.05) is 12.2 Å². The van der Waals surface area contributed by atoms with Gasteiger partial charge in [-0.05, 0) is 19.1 Å². The lowest BCUT2D eigenvalue weighted by Crippen LogP contribution is -2.14. The fourth-order valence-corrected chi connectivity index (χ4v) is 1.46. The van der Waals surface area contributed by atoms with Gasteiger partial charge in [0.2, 0.25) is 0 Å². The molecule has 2 aromatic rings. The summed E-state index contributed by atoms with van der Waals surface area (Å²) in [6, 6.07) is 3.10. The normalized spacial score (nSPS) is 10.4. The van der Waals surface area contributed by atoms with Crippen molar-refractivity contribution in [3.8, 4) is 5.75 Å². The van der Waals surface area contributed by atoms with Gasteiger partial charge < -0.3 is 16.2 Å². The number of aromatic hydroxyl groups is 1. The zero-order valence-corrected chi connectivity index (χ0v) is 10.4. The van der Waals surface area contributed by atoms with Gasteiger partial charge in [-0.1, -0.05) is 5.21 Å². The van der Waals surface area contributed by atoms with Gasteiger partial charge >= 0.3 is 0 Å². The van der Waals surface area contributed by atoms with E-state index in [-0.39, 0.29) is 17.3 Å². The number of aromatic nitrogens is 4. The molecule has 0 spiro atoms. The maximum Gasteiger partial charge on any atom is 0.279 e. The number of carbonyl (C=O) groups excluding carboxylic acids is 1. The Labute approximate surface area is 109 Å². The Balaban J connectivity index is 2.13. The van der Waals surface area contributed by atoms with Gasteiger partial charge in [0.15, 0.2) is 17.3 Å². The number of rotatable bonds is 4. The number of nitrogens with two attached hydrogens (primary N) is 1. The van der Waals surface area contributed by atoms with Crippen molar-refractivity contribution in [2.24, 2.45) is 5.73 Å². The van der Waals surface area contributed by atoms with Crippen LogP contribution in [0, 0.1) is 6.92 Å².